The number of nitrogens with one attached hydrogen (secondary N) is 1. The Morgan fingerprint density at radius 3 is 2.71 bits per heavy atom. The van der Waals surface area contributed by atoms with Crippen molar-refractivity contribution in [2.75, 3.05) is 26.7 Å². The fraction of sp³-hybridized carbons (Fsp3) is 0.350. The number of amides is 1. The fourth-order valence-electron chi connectivity index (χ4n) is 3.49. The Bertz CT molecular complexity index is 868. The minimum atomic E-state index is -0.596. The highest BCUT2D eigenvalue weighted by Gasteiger charge is 2.26. The second kappa shape index (κ2) is 9.03. The summed E-state index contributed by atoms with van der Waals surface area (Å²) in [7, 11) is 1.62. The highest BCUT2D eigenvalue weighted by atomic mass is 35.5. The Hall–Kier alpha value is -2.64. The average molecular weight is 404 g/mol. The van der Waals surface area contributed by atoms with Gasteiger partial charge in [0.05, 0.1) is 18.1 Å². The fourth-order valence-corrected chi connectivity index (χ4v) is 3.66. The molecular formula is C20H22ClN3O4. The number of carbonyl (C=O) groups excluding carboxylic acids is 1. The normalized spacial score (nSPS) is 15.2. The van der Waals surface area contributed by atoms with Crippen molar-refractivity contribution < 1.29 is 14.5 Å². The van der Waals surface area contributed by atoms with Crippen LogP contribution in [0.5, 0.6) is 5.75 Å². The lowest BCUT2D eigenvalue weighted by atomic mass is 10.0. The van der Waals surface area contributed by atoms with Crippen LogP contribution in [-0.2, 0) is 0 Å². The van der Waals surface area contributed by atoms with Gasteiger partial charge in [0.25, 0.3) is 11.6 Å². The van der Waals surface area contributed by atoms with Crippen LogP contribution in [0.1, 0.15) is 34.8 Å². The van der Waals surface area contributed by atoms with Crippen LogP contribution in [-0.4, -0.2) is 42.5 Å². The molecule has 2 aromatic rings. The molecule has 0 aromatic heterocycles. The topological polar surface area (TPSA) is 84.7 Å². The van der Waals surface area contributed by atoms with Crippen molar-refractivity contribution in [1.29, 1.82) is 0 Å². The maximum Gasteiger partial charge on any atom is 0.283 e. The third-order valence-corrected chi connectivity index (χ3v) is 5.15. The number of rotatable bonds is 7. The predicted molar refractivity (Wildman–Crippen MR) is 107 cm³/mol. The van der Waals surface area contributed by atoms with Crippen molar-refractivity contribution in [2.24, 2.45) is 0 Å². The maximum absolute atomic E-state index is 12.7. The Morgan fingerprint density at radius 2 is 2.04 bits per heavy atom. The van der Waals surface area contributed by atoms with Crippen molar-refractivity contribution in [3.05, 3.63) is 68.7 Å². The Kier molecular flexibility index (Phi) is 6.49. The van der Waals surface area contributed by atoms with Crippen LogP contribution in [0, 0.1) is 10.1 Å². The van der Waals surface area contributed by atoms with Gasteiger partial charge in [-0.15, -0.1) is 0 Å². The molecule has 0 bridgehead atoms. The van der Waals surface area contributed by atoms with Crippen LogP contribution in [0.25, 0.3) is 0 Å². The number of methoxy groups -OCH3 is 1. The lowest BCUT2D eigenvalue weighted by molar-refractivity contribution is -0.385. The summed E-state index contributed by atoms with van der Waals surface area (Å²) in [6, 6.07) is 11.8. The summed E-state index contributed by atoms with van der Waals surface area (Å²) in [6.45, 7) is 2.23. The van der Waals surface area contributed by atoms with E-state index in [0.717, 1.165) is 37.2 Å². The summed E-state index contributed by atoms with van der Waals surface area (Å²) in [6.07, 6.45) is 2.22. The minimum Gasteiger partial charge on any atom is -0.497 e. The van der Waals surface area contributed by atoms with Crippen LogP contribution < -0.4 is 10.1 Å². The number of hydrogen-bond acceptors (Lipinski definition) is 5. The van der Waals surface area contributed by atoms with E-state index in [2.05, 4.69) is 10.2 Å². The van der Waals surface area contributed by atoms with Gasteiger partial charge in [0.15, 0.2) is 0 Å². The van der Waals surface area contributed by atoms with E-state index in [1.54, 1.807) is 7.11 Å². The Balaban J connectivity index is 1.80. The van der Waals surface area contributed by atoms with Crippen LogP contribution in [0.4, 0.5) is 5.69 Å². The number of benzene rings is 2. The molecule has 148 valence electrons. The predicted octanol–water partition coefficient (Wildman–Crippen LogP) is 3.82. The molecule has 1 heterocycles. The molecular weight excluding hydrogens is 382 g/mol. The van der Waals surface area contributed by atoms with E-state index in [9.17, 15) is 14.9 Å². The van der Waals surface area contributed by atoms with Gasteiger partial charge in [0.2, 0.25) is 0 Å². The number of nitrogens with zero attached hydrogens (tertiary/aromatic N) is 2. The maximum atomic E-state index is 12.7. The number of ether oxygens (including phenoxy) is 1. The highest BCUT2D eigenvalue weighted by Crippen LogP contribution is 2.28. The van der Waals surface area contributed by atoms with Gasteiger partial charge in [0, 0.05) is 17.6 Å². The molecule has 1 fully saturated rings. The molecule has 1 N–H and O–H groups in total. The van der Waals surface area contributed by atoms with Crippen LogP contribution in [0.2, 0.25) is 5.02 Å². The second-order valence-electron chi connectivity index (χ2n) is 6.66. The standard InChI is InChI=1S/C20H22ClN3O4/c1-28-16-6-4-5-14(11-16)19(23-9-2-3-10-23)13-22-20(25)17-8-7-15(21)12-18(17)24(26)27/h4-8,11-12,19H,2-3,9-10,13H2,1H3,(H,22,25). The number of nitro benzene ring substituents is 1. The molecule has 28 heavy (non-hydrogen) atoms. The Labute approximate surface area is 168 Å². The molecule has 0 radical (unpaired) electrons. The van der Waals surface area contributed by atoms with E-state index in [1.165, 1.54) is 18.2 Å². The second-order valence-corrected chi connectivity index (χ2v) is 7.10. The number of hydrogen-bond donors (Lipinski definition) is 1. The molecule has 1 saturated heterocycles. The summed E-state index contributed by atoms with van der Waals surface area (Å²) >= 11 is 5.83. The zero-order chi connectivity index (χ0) is 20.1. The summed E-state index contributed by atoms with van der Waals surface area (Å²) < 4.78 is 5.32. The van der Waals surface area contributed by atoms with Gasteiger partial charge < -0.3 is 10.1 Å². The zero-order valence-electron chi connectivity index (χ0n) is 15.6. The first-order valence-corrected chi connectivity index (χ1v) is 9.47. The molecule has 1 atom stereocenters. The Morgan fingerprint density at radius 1 is 1.29 bits per heavy atom. The minimum absolute atomic E-state index is 0.000198. The number of carbonyl (C=O) groups is 1. The van der Waals surface area contributed by atoms with Gasteiger partial charge in [-0.3, -0.25) is 19.8 Å². The SMILES string of the molecule is COc1cccc(C(CNC(=O)c2ccc(Cl)cc2[N+](=O)[O-])N2CCCC2)c1. The molecule has 1 amide bonds. The van der Waals surface area contributed by atoms with E-state index in [-0.39, 0.29) is 22.3 Å². The van der Waals surface area contributed by atoms with Gasteiger partial charge in [-0.1, -0.05) is 23.7 Å². The van der Waals surface area contributed by atoms with Gasteiger partial charge in [-0.05, 0) is 55.8 Å². The van der Waals surface area contributed by atoms with Gasteiger partial charge in [-0.25, -0.2) is 0 Å². The smallest absolute Gasteiger partial charge is 0.283 e. The van der Waals surface area contributed by atoms with Crippen LogP contribution in [0.3, 0.4) is 0 Å². The summed E-state index contributed by atoms with van der Waals surface area (Å²) in [5.41, 5.74) is 0.733. The first kappa shape index (κ1) is 20.1. The lowest BCUT2D eigenvalue weighted by Crippen LogP contribution is -2.37. The van der Waals surface area contributed by atoms with Crippen molar-refractivity contribution in [1.82, 2.24) is 10.2 Å². The molecule has 3 rings (SSSR count). The highest BCUT2D eigenvalue weighted by molar-refractivity contribution is 6.31. The van der Waals surface area contributed by atoms with Gasteiger partial charge >= 0.3 is 0 Å². The molecule has 1 aliphatic rings. The monoisotopic (exact) mass is 403 g/mol. The third-order valence-electron chi connectivity index (χ3n) is 4.92. The van der Waals surface area contributed by atoms with Crippen LogP contribution >= 0.6 is 11.6 Å². The number of likely N-dealkylation sites (tertiary alicyclic amines) is 1. The quantitative estimate of drug-likeness (QED) is 0.561. The largest absolute Gasteiger partial charge is 0.497 e. The molecule has 1 aliphatic heterocycles. The number of halogens is 1. The van der Waals surface area contributed by atoms with E-state index in [4.69, 9.17) is 16.3 Å². The van der Waals surface area contributed by atoms with Crippen molar-refractivity contribution >= 4 is 23.2 Å². The van der Waals surface area contributed by atoms with Gasteiger partial charge in [-0.2, -0.15) is 0 Å². The molecule has 0 saturated carbocycles. The molecule has 0 spiro atoms. The van der Waals surface area contributed by atoms with E-state index < -0.39 is 10.8 Å². The zero-order valence-corrected chi connectivity index (χ0v) is 16.3. The summed E-state index contributed by atoms with van der Waals surface area (Å²) in [4.78, 5) is 25.6. The molecule has 7 nitrogen and oxygen atoms in total. The lowest BCUT2D eigenvalue weighted by Gasteiger charge is -2.28. The van der Waals surface area contributed by atoms with Crippen molar-refractivity contribution in [3.63, 3.8) is 0 Å². The van der Waals surface area contributed by atoms with Crippen LogP contribution in [0.15, 0.2) is 42.5 Å². The third kappa shape index (κ3) is 4.61. The number of nitro groups is 1. The summed E-state index contributed by atoms with van der Waals surface area (Å²) in [5.74, 6) is 0.261. The molecule has 8 heteroatoms. The van der Waals surface area contributed by atoms with E-state index >= 15 is 0 Å². The first-order valence-electron chi connectivity index (χ1n) is 9.09. The van der Waals surface area contributed by atoms with Gasteiger partial charge in [0.1, 0.15) is 11.3 Å². The molecule has 1 unspecified atom stereocenters. The van der Waals surface area contributed by atoms with E-state index in [1.807, 2.05) is 24.3 Å². The van der Waals surface area contributed by atoms with E-state index in [0.29, 0.717) is 6.54 Å². The van der Waals surface area contributed by atoms with Crippen molar-refractivity contribution in [2.45, 2.75) is 18.9 Å². The van der Waals surface area contributed by atoms with Crippen molar-refractivity contribution in [3.8, 4) is 5.75 Å². The average Bonchev–Trinajstić information content (AvgIpc) is 3.22. The molecule has 2 aromatic carbocycles. The first-order chi connectivity index (χ1) is 13.5. The summed E-state index contributed by atoms with van der Waals surface area (Å²) in [5, 5.41) is 14.3. The molecule has 0 aliphatic carbocycles.